The molecule has 0 saturated heterocycles. The summed E-state index contributed by atoms with van der Waals surface area (Å²) in [6.07, 6.45) is 2.88. The predicted octanol–water partition coefficient (Wildman–Crippen LogP) is 4.74. The highest BCUT2D eigenvalue weighted by atomic mass is 35.5. The second-order valence-corrected chi connectivity index (χ2v) is 7.99. The predicted molar refractivity (Wildman–Crippen MR) is 119 cm³/mol. The summed E-state index contributed by atoms with van der Waals surface area (Å²) in [4.78, 5) is 23.9. The molecule has 6 heteroatoms. The number of carbonyl (C=O) groups is 2. The van der Waals surface area contributed by atoms with Crippen molar-refractivity contribution in [2.75, 3.05) is 13.2 Å². The van der Waals surface area contributed by atoms with Crippen LogP contribution < -0.4 is 10.1 Å². The first-order chi connectivity index (χ1) is 14.3. The second-order valence-electron chi connectivity index (χ2n) is 7.56. The molecule has 0 aromatic heterocycles. The first-order valence-electron chi connectivity index (χ1n) is 10.3. The number of esters is 1. The Morgan fingerprint density at radius 1 is 0.967 bits per heavy atom. The van der Waals surface area contributed by atoms with Gasteiger partial charge < -0.3 is 14.8 Å². The molecule has 2 aromatic rings. The van der Waals surface area contributed by atoms with Gasteiger partial charge in [0.05, 0.1) is 6.61 Å². The Kier molecular flexibility index (Phi) is 9.18. The van der Waals surface area contributed by atoms with Crippen molar-refractivity contribution in [2.24, 2.45) is 0 Å². The third kappa shape index (κ3) is 8.07. The number of benzene rings is 2. The molecule has 0 spiro atoms. The molecular formula is C24H30ClNO4. The maximum atomic E-state index is 12.0. The molecule has 0 heterocycles. The first-order valence-corrected chi connectivity index (χ1v) is 10.6. The second kappa shape index (κ2) is 11.6. The van der Waals surface area contributed by atoms with Crippen LogP contribution in [0.3, 0.4) is 0 Å². The SMILES string of the molecule is CCOC(=O)C(C)(C)Oc1ccc(CCNC(=O)CCCc2ccc(Cl)cc2)cc1. The van der Waals surface area contributed by atoms with E-state index in [4.69, 9.17) is 21.1 Å². The van der Waals surface area contributed by atoms with Crippen LogP contribution in [0, 0.1) is 0 Å². The van der Waals surface area contributed by atoms with E-state index in [0.29, 0.717) is 25.3 Å². The van der Waals surface area contributed by atoms with Gasteiger partial charge in [0.25, 0.3) is 0 Å². The summed E-state index contributed by atoms with van der Waals surface area (Å²) < 4.78 is 10.8. The number of nitrogens with one attached hydrogen (secondary N) is 1. The standard InChI is InChI=1S/C24H30ClNO4/c1-4-29-23(28)24(2,3)30-21-14-10-19(11-15-21)16-17-26-22(27)7-5-6-18-8-12-20(25)13-9-18/h8-15H,4-7,16-17H2,1-3H3,(H,26,27). The summed E-state index contributed by atoms with van der Waals surface area (Å²) >= 11 is 5.88. The molecular weight excluding hydrogens is 402 g/mol. The molecule has 2 aromatic carbocycles. The molecule has 0 bridgehead atoms. The van der Waals surface area contributed by atoms with Gasteiger partial charge in [0.1, 0.15) is 5.75 Å². The Morgan fingerprint density at radius 2 is 1.57 bits per heavy atom. The van der Waals surface area contributed by atoms with Crippen LogP contribution in [0.4, 0.5) is 0 Å². The van der Waals surface area contributed by atoms with Crippen LogP contribution in [0.2, 0.25) is 5.02 Å². The number of ether oxygens (including phenoxy) is 2. The highest BCUT2D eigenvalue weighted by Gasteiger charge is 2.31. The number of aryl methyl sites for hydroxylation is 1. The molecule has 0 aliphatic rings. The summed E-state index contributed by atoms with van der Waals surface area (Å²) in [7, 11) is 0. The number of carbonyl (C=O) groups excluding carboxylic acids is 2. The number of amides is 1. The third-order valence-electron chi connectivity index (χ3n) is 4.58. The molecule has 0 radical (unpaired) electrons. The molecule has 0 saturated carbocycles. The zero-order chi connectivity index (χ0) is 22.0. The van der Waals surface area contributed by atoms with E-state index in [0.717, 1.165) is 29.8 Å². The van der Waals surface area contributed by atoms with E-state index in [2.05, 4.69) is 5.32 Å². The number of rotatable bonds is 11. The number of hydrogen-bond donors (Lipinski definition) is 1. The van der Waals surface area contributed by atoms with Crippen molar-refractivity contribution in [3.63, 3.8) is 0 Å². The van der Waals surface area contributed by atoms with Gasteiger partial charge in [-0.25, -0.2) is 4.79 Å². The highest BCUT2D eigenvalue weighted by Crippen LogP contribution is 2.20. The lowest BCUT2D eigenvalue weighted by Gasteiger charge is -2.24. The van der Waals surface area contributed by atoms with E-state index < -0.39 is 11.6 Å². The summed E-state index contributed by atoms with van der Waals surface area (Å²) in [6, 6.07) is 15.2. The fourth-order valence-electron chi connectivity index (χ4n) is 2.90. The molecule has 0 unspecified atom stereocenters. The van der Waals surface area contributed by atoms with Gasteiger partial charge in [-0.3, -0.25) is 4.79 Å². The van der Waals surface area contributed by atoms with Gasteiger partial charge in [0, 0.05) is 18.0 Å². The molecule has 0 fully saturated rings. The molecule has 0 aliphatic heterocycles. The Labute approximate surface area is 183 Å². The van der Waals surface area contributed by atoms with Crippen molar-refractivity contribution in [3.05, 3.63) is 64.7 Å². The van der Waals surface area contributed by atoms with Crippen LogP contribution in [0.5, 0.6) is 5.75 Å². The lowest BCUT2D eigenvalue weighted by Crippen LogP contribution is -2.39. The molecule has 2 rings (SSSR count). The van der Waals surface area contributed by atoms with Gasteiger partial charge in [-0.1, -0.05) is 35.9 Å². The monoisotopic (exact) mass is 431 g/mol. The van der Waals surface area contributed by atoms with E-state index in [1.54, 1.807) is 20.8 Å². The number of halogens is 1. The lowest BCUT2D eigenvalue weighted by atomic mass is 10.1. The fraction of sp³-hybridized carbons (Fsp3) is 0.417. The van der Waals surface area contributed by atoms with Crippen molar-refractivity contribution in [3.8, 4) is 5.75 Å². The molecule has 30 heavy (non-hydrogen) atoms. The average Bonchev–Trinajstić information content (AvgIpc) is 2.71. The van der Waals surface area contributed by atoms with Crippen molar-refractivity contribution >= 4 is 23.5 Å². The van der Waals surface area contributed by atoms with Crippen LogP contribution in [0.25, 0.3) is 0 Å². The summed E-state index contributed by atoms with van der Waals surface area (Å²) in [5, 5.41) is 3.68. The van der Waals surface area contributed by atoms with E-state index in [-0.39, 0.29) is 5.91 Å². The highest BCUT2D eigenvalue weighted by molar-refractivity contribution is 6.30. The first kappa shape index (κ1) is 23.7. The maximum Gasteiger partial charge on any atom is 0.349 e. The van der Waals surface area contributed by atoms with Crippen molar-refractivity contribution in [1.29, 1.82) is 0 Å². The summed E-state index contributed by atoms with van der Waals surface area (Å²) in [6.45, 7) is 6.02. The molecule has 1 N–H and O–H groups in total. The van der Waals surface area contributed by atoms with Crippen LogP contribution in [0.1, 0.15) is 44.7 Å². The molecule has 0 atom stereocenters. The Hall–Kier alpha value is -2.53. The minimum Gasteiger partial charge on any atom is -0.476 e. The van der Waals surface area contributed by atoms with E-state index in [9.17, 15) is 9.59 Å². The van der Waals surface area contributed by atoms with Gasteiger partial charge >= 0.3 is 5.97 Å². The lowest BCUT2D eigenvalue weighted by molar-refractivity contribution is -0.158. The third-order valence-corrected chi connectivity index (χ3v) is 4.83. The van der Waals surface area contributed by atoms with Crippen molar-refractivity contribution < 1.29 is 19.1 Å². The molecule has 5 nitrogen and oxygen atoms in total. The topological polar surface area (TPSA) is 64.6 Å². The zero-order valence-corrected chi connectivity index (χ0v) is 18.6. The van der Waals surface area contributed by atoms with Crippen LogP contribution in [0.15, 0.2) is 48.5 Å². The summed E-state index contributed by atoms with van der Waals surface area (Å²) in [5.74, 6) is 0.260. The van der Waals surface area contributed by atoms with Crippen LogP contribution in [-0.2, 0) is 27.2 Å². The normalized spacial score (nSPS) is 11.1. The van der Waals surface area contributed by atoms with Crippen LogP contribution >= 0.6 is 11.6 Å². The van der Waals surface area contributed by atoms with Gasteiger partial charge in [0.15, 0.2) is 5.60 Å². The zero-order valence-electron chi connectivity index (χ0n) is 17.9. The van der Waals surface area contributed by atoms with E-state index >= 15 is 0 Å². The molecule has 162 valence electrons. The van der Waals surface area contributed by atoms with Gasteiger partial charge in [-0.05, 0) is 75.4 Å². The van der Waals surface area contributed by atoms with Crippen LogP contribution in [-0.4, -0.2) is 30.6 Å². The fourth-order valence-corrected chi connectivity index (χ4v) is 3.03. The van der Waals surface area contributed by atoms with Gasteiger partial charge in [-0.15, -0.1) is 0 Å². The van der Waals surface area contributed by atoms with E-state index in [1.807, 2.05) is 48.5 Å². The minimum atomic E-state index is -1.04. The Bertz CT molecular complexity index is 816. The Balaban J connectivity index is 1.68. The Morgan fingerprint density at radius 3 is 2.20 bits per heavy atom. The minimum absolute atomic E-state index is 0.0557. The number of hydrogen-bond acceptors (Lipinski definition) is 4. The quantitative estimate of drug-likeness (QED) is 0.522. The van der Waals surface area contributed by atoms with Gasteiger partial charge in [-0.2, -0.15) is 0 Å². The summed E-state index contributed by atoms with van der Waals surface area (Å²) in [5.41, 5.74) is 1.22. The largest absolute Gasteiger partial charge is 0.476 e. The van der Waals surface area contributed by atoms with Crippen molar-refractivity contribution in [1.82, 2.24) is 5.32 Å². The maximum absolute atomic E-state index is 12.0. The average molecular weight is 432 g/mol. The molecule has 1 amide bonds. The van der Waals surface area contributed by atoms with Gasteiger partial charge in [0.2, 0.25) is 5.91 Å². The molecule has 0 aliphatic carbocycles. The smallest absolute Gasteiger partial charge is 0.349 e. The van der Waals surface area contributed by atoms with E-state index in [1.165, 1.54) is 5.56 Å². The van der Waals surface area contributed by atoms with Crippen molar-refractivity contribution in [2.45, 2.75) is 52.1 Å².